The van der Waals surface area contributed by atoms with Crippen molar-refractivity contribution in [1.82, 2.24) is 24.8 Å². The smallest absolute Gasteiger partial charge is 0.236 e. The molecule has 3 heterocycles. The molecule has 1 aliphatic heterocycles. The first kappa shape index (κ1) is 20.2. The van der Waals surface area contributed by atoms with Crippen molar-refractivity contribution in [1.29, 1.82) is 0 Å². The third-order valence-corrected chi connectivity index (χ3v) is 5.46. The van der Waals surface area contributed by atoms with Gasteiger partial charge in [0.05, 0.1) is 6.54 Å². The minimum Gasteiger partial charge on any atom is -0.368 e. The van der Waals surface area contributed by atoms with E-state index in [1.165, 1.54) is 0 Å². The van der Waals surface area contributed by atoms with Gasteiger partial charge in [-0.3, -0.25) is 14.7 Å². The van der Waals surface area contributed by atoms with Crippen molar-refractivity contribution in [2.75, 3.05) is 38.5 Å². The zero-order valence-corrected chi connectivity index (χ0v) is 17.1. The van der Waals surface area contributed by atoms with Gasteiger partial charge in [0.1, 0.15) is 0 Å². The van der Waals surface area contributed by atoms with Crippen LogP contribution in [0.25, 0.3) is 11.1 Å². The third-order valence-electron chi connectivity index (χ3n) is 5.46. The highest BCUT2D eigenvalue weighted by atomic mass is 16.2. The Balaban J connectivity index is 1.66. The molecule has 0 aliphatic carbocycles. The molecule has 0 bridgehead atoms. The Bertz CT molecular complexity index is 795. The lowest BCUT2D eigenvalue weighted by Gasteiger charge is -2.32. The number of nitrogens with zero attached hydrogens (tertiary/aromatic N) is 5. The second-order valence-electron chi connectivity index (χ2n) is 7.37. The van der Waals surface area contributed by atoms with E-state index in [0.717, 1.165) is 61.5 Å². The van der Waals surface area contributed by atoms with Crippen LogP contribution in [0, 0.1) is 6.92 Å². The molecule has 1 amide bonds. The molecular formula is C21H30N6O. The Morgan fingerprint density at radius 1 is 1.14 bits per heavy atom. The van der Waals surface area contributed by atoms with E-state index in [-0.39, 0.29) is 11.9 Å². The van der Waals surface area contributed by atoms with Gasteiger partial charge >= 0.3 is 0 Å². The van der Waals surface area contributed by atoms with Crippen molar-refractivity contribution in [2.45, 2.75) is 39.5 Å². The predicted octanol–water partition coefficient (Wildman–Crippen LogP) is 2.48. The Labute approximate surface area is 167 Å². The largest absolute Gasteiger partial charge is 0.368 e. The van der Waals surface area contributed by atoms with Crippen LogP contribution in [0.2, 0.25) is 0 Å². The lowest BCUT2D eigenvalue weighted by Crippen LogP contribution is -2.43. The van der Waals surface area contributed by atoms with Crippen LogP contribution in [-0.4, -0.2) is 63.4 Å². The molecule has 1 fully saturated rings. The summed E-state index contributed by atoms with van der Waals surface area (Å²) < 4.78 is 0. The standard InChI is InChI=1S/C21H30N6O/c1-4-27(5-2)20(28)14-26-8-6-16(7-9-26)19-11-17(10-15(3)25-19)18-12-23-21(22)24-13-18/h10-13,16H,4-9,14H2,1-3H3,(H2,22,23,24). The monoisotopic (exact) mass is 382 g/mol. The van der Waals surface area contributed by atoms with Crippen LogP contribution in [0.5, 0.6) is 0 Å². The van der Waals surface area contributed by atoms with Crippen molar-refractivity contribution < 1.29 is 4.79 Å². The molecule has 28 heavy (non-hydrogen) atoms. The summed E-state index contributed by atoms with van der Waals surface area (Å²) in [5.41, 5.74) is 9.72. The Morgan fingerprint density at radius 3 is 2.39 bits per heavy atom. The number of likely N-dealkylation sites (tertiary alicyclic amines) is 1. The highest BCUT2D eigenvalue weighted by molar-refractivity contribution is 5.78. The van der Waals surface area contributed by atoms with Gasteiger partial charge in [0.2, 0.25) is 11.9 Å². The van der Waals surface area contributed by atoms with E-state index in [0.29, 0.717) is 12.5 Å². The maximum Gasteiger partial charge on any atom is 0.236 e. The van der Waals surface area contributed by atoms with Gasteiger partial charge in [-0.2, -0.15) is 0 Å². The number of hydrogen-bond acceptors (Lipinski definition) is 6. The molecule has 0 saturated carbocycles. The number of carbonyl (C=O) groups excluding carboxylic acids is 1. The molecule has 0 radical (unpaired) electrons. The van der Waals surface area contributed by atoms with Gasteiger partial charge in [-0.15, -0.1) is 0 Å². The van der Waals surface area contributed by atoms with Gasteiger partial charge in [-0.1, -0.05) is 0 Å². The number of nitrogens with two attached hydrogens (primary N) is 1. The first-order valence-electron chi connectivity index (χ1n) is 10.1. The SMILES string of the molecule is CCN(CC)C(=O)CN1CCC(c2cc(-c3cnc(N)nc3)cc(C)n2)CC1. The van der Waals surface area contributed by atoms with E-state index in [2.05, 4.69) is 27.0 Å². The lowest BCUT2D eigenvalue weighted by molar-refractivity contribution is -0.132. The van der Waals surface area contributed by atoms with Crippen molar-refractivity contribution in [3.63, 3.8) is 0 Å². The van der Waals surface area contributed by atoms with E-state index in [1.807, 2.05) is 25.7 Å². The van der Waals surface area contributed by atoms with Crippen molar-refractivity contribution >= 4 is 11.9 Å². The number of rotatable bonds is 6. The summed E-state index contributed by atoms with van der Waals surface area (Å²) in [4.78, 5) is 29.5. The van der Waals surface area contributed by atoms with Crippen LogP contribution in [0.4, 0.5) is 5.95 Å². The van der Waals surface area contributed by atoms with Crippen LogP contribution < -0.4 is 5.73 Å². The second kappa shape index (κ2) is 9.10. The molecule has 7 heteroatoms. The van der Waals surface area contributed by atoms with Gasteiger partial charge in [0.15, 0.2) is 0 Å². The minimum atomic E-state index is 0.225. The Morgan fingerprint density at radius 2 is 1.79 bits per heavy atom. The molecule has 0 spiro atoms. The third kappa shape index (κ3) is 4.84. The van der Waals surface area contributed by atoms with Crippen molar-refractivity contribution in [3.8, 4) is 11.1 Å². The van der Waals surface area contributed by atoms with E-state index in [1.54, 1.807) is 12.4 Å². The molecule has 2 N–H and O–H groups in total. The summed E-state index contributed by atoms with van der Waals surface area (Å²) in [5.74, 6) is 0.914. The fourth-order valence-electron chi connectivity index (χ4n) is 3.81. The highest BCUT2D eigenvalue weighted by Gasteiger charge is 2.24. The maximum atomic E-state index is 12.3. The molecule has 0 atom stereocenters. The van der Waals surface area contributed by atoms with E-state index >= 15 is 0 Å². The zero-order chi connectivity index (χ0) is 20.1. The number of anilines is 1. The van der Waals surface area contributed by atoms with Gasteiger partial charge in [0.25, 0.3) is 0 Å². The Kier molecular flexibility index (Phi) is 6.57. The highest BCUT2D eigenvalue weighted by Crippen LogP contribution is 2.30. The summed E-state index contributed by atoms with van der Waals surface area (Å²) in [6, 6.07) is 4.19. The molecule has 150 valence electrons. The van der Waals surface area contributed by atoms with Gasteiger partial charge in [0, 0.05) is 48.4 Å². The number of pyridine rings is 1. The summed E-state index contributed by atoms with van der Waals surface area (Å²) in [5, 5.41) is 0. The summed E-state index contributed by atoms with van der Waals surface area (Å²) in [7, 11) is 0. The summed E-state index contributed by atoms with van der Waals surface area (Å²) in [6.45, 7) is 9.99. The van der Waals surface area contributed by atoms with Gasteiger partial charge in [-0.25, -0.2) is 9.97 Å². The average molecular weight is 383 g/mol. The molecule has 0 aromatic carbocycles. The van der Waals surface area contributed by atoms with Crippen LogP contribution in [-0.2, 0) is 4.79 Å². The number of aromatic nitrogens is 3. The molecular weight excluding hydrogens is 352 g/mol. The number of aryl methyl sites for hydroxylation is 1. The minimum absolute atomic E-state index is 0.225. The van der Waals surface area contributed by atoms with Gasteiger partial charge in [-0.05, 0) is 64.4 Å². The summed E-state index contributed by atoms with van der Waals surface area (Å²) >= 11 is 0. The van der Waals surface area contributed by atoms with E-state index in [4.69, 9.17) is 10.7 Å². The van der Waals surface area contributed by atoms with Crippen LogP contribution in [0.1, 0.15) is 44.0 Å². The zero-order valence-electron chi connectivity index (χ0n) is 17.1. The topological polar surface area (TPSA) is 88.2 Å². The van der Waals surface area contributed by atoms with Gasteiger partial charge < -0.3 is 10.6 Å². The average Bonchev–Trinajstić information content (AvgIpc) is 2.69. The molecule has 3 rings (SSSR count). The predicted molar refractivity (Wildman–Crippen MR) is 111 cm³/mol. The fraction of sp³-hybridized carbons (Fsp3) is 0.524. The number of piperidine rings is 1. The van der Waals surface area contributed by atoms with Crippen LogP contribution >= 0.6 is 0 Å². The van der Waals surface area contributed by atoms with E-state index in [9.17, 15) is 4.79 Å². The number of likely N-dealkylation sites (N-methyl/N-ethyl adjacent to an activating group) is 1. The second-order valence-corrected chi connectivity index (χ2v) is 7.37. The maximum absolute atomic E-state index is 12.3. The van der Waals surface area contributed by atoms with Crippen LogP contribution in [0.15, 0.2) is 24.5 Å². The Hall–Kier alpha value is -2.54. The van der Waals surface area contributed by atoms with E-state index < -0.39 is 0 Å². The van der Waals surface area contributed by atoms with Crippen LogP contribution in [0.3, 0.4) is 0 Å². The molecule has 2 aromatic rings. The fourth-order valence-corrected chi connectivity index (χ4v) is 3.81. The molecule has 0 unspecified atom stereocenters. The first-order chi connectivity index (χ1) is 13.5. The number of nitrogen functional groups attached to an aromatic ring is 1. The first-order valence-corrected chi connectivity index (χ1v) is 10.1. The number of hydrogen-bond donors (Lipinski definition) is 1. The molecule has 7 nitrogen and oxygen atoms in total. The molecule has 1 aliphatic rings. The molecule has 1 saturated heterocycles. The number of carbonyl (C=O) groups is 1. The number of amides is 1. The normalized spacial score (nSPS) is 15.5. The lowest BCUT2D eigenvalue weighted by atomic mass is 9.91. The summed E-state index contributed by atoms with van der Waals surface area (Å²) in [6.07, 6.45) is 5.53. The van der Waals surface area contributed by atoms with Crippen molar-refractivity contribution in [2.24, 2.45) is 0 Å². The molecule has 2 aromatic heterocycles. The van der Waals surface area contributed by atoms with Crippen molar-refractivity contribution in [3.05, 3.63) is 35.9 Å². The quantitative estimate of drug-likeness (QED) is 0.826.